The smallest absolute Gasteiger partial charge is 0.288 e. The summed E-state index contributed by atoms with van der Waals surface area (Å²) in [6, 6.07) is 3.06. The number of carbonyl (C=O) groups excluding carboxylic acids is 1. The molecule has 0 spiro atoms. The van der Waals surface area contributed by atoms with E-state index in [-0.39, 0.29) is 5.69 Å². The highest BCUT2D eigenvalue weighted by atomic mass is 35.5. The van der Waals surface area contributed by atoms with Crippen molar-refractivity contribution in [2.45, 2.75) is 6.92 Å². The minimum absolute atomic E-state index is 0.222. The van der Waals surface area contributed by atoms with Gasteiger partial charge in [0.25, 0.3) is 5.91 Å². The zero-order valence-corrected chi connectivity index (χ0v) is 10.2. The molecule has 0 bridgehead atoms. The maximum Gasteiger partial charge on any atom is 0.288 e. The monoisotopic (exact) mass is 258 g/mol. The lowest BCUT2D eigenvalue weighted by Gasteiger charge is -2.09. The first-order valence-corrected chi connectivity index (χ1v) is 5.38. The summed E-state index contributed by atoms with van der Waals surface area (Å²) in [5.74, 6) is -0.400. The van der Waals surface area contributed by atoms with Gasteiger partial charge in [0.15, 0.2) is 5.11 Å². The van der Waals surface area contributed by atoms with E-state index in [0.717, 1.165) is 0 Å². The number of amides is 1. The zero-order valence-electron chi connectivity index (χ0n) is 8.58. The molecule has 7 heteroatoms. The number of halogens is 1. The Morgan fingerprint density at radius 3 is 2.94 bits per heavy atom. The minimum Gasteiger partial charge on any atom is -0.362 e. The fourth-order valence-electron chi connectivity index (χ4n) is 0.911. The molecule has 0 aliphatic heterocycles. The maximum absolute atomic E-state index is 11.5. The van der Waals surface area contributed by atoms with Crippen LogP contribution in [0.25, 0.3) is 0 Å². The van der Waals surface area contributed by atoms with E-state index in [9.17, 15) is 4.79 Å². The van der Waals surface area contributed by atoms with Crippen LogP contribution in [0.4, 0.5) is 0 Å². The maximum atomic E-state index is 11.5. The number of nitrogens with one attached hydrogen (secondary N) is 3. The second kappa shape index (κ2) is 6.24. The first-order valence-electron chi connectivity index (χ1n) is 4.59. The summed E-state index contributed by atoms with van der Waals surface area (Å²) in [6.45, 7) is 2.57. The Hall–Kier alpha value is -1.40. The van der Waals surface area contributed by atoms with E-state index in [1.165, 1.54) is 12.3 Å². The van der Waals surface area contributed by atoms with Crippen LogP contribution in [0.1, 0.15) is 17.4 Å². The molecular weight excluding hydrogens is 248 g/mol. The highest BCUT2D eigenvalue weighted by molar-refractivity contribution is 7.80. The molecule has 1 heterocycles. The third-order valence-electron chi connectivity index (χ3n) is 1.58. The molecule has 0 saturated carbocycles. The van der Waals surface area contributed by atoms with E-state index in [2.05, 4.69) is 21.2 Å². The second-order valence-electron chi connectivity index (χ2n) is 2.80. The lowest BCUT2D eigenvalue weighted by Crippen LogP contribution is -2.46. The molecule has 1 rings (SSSR count). The molecule has 0 aliphatic carbocycles. The van der Waals surface area contributed by atoms with Gasteiger partial charge in [-0.2, -0.15) is 0 Å². The van der Waals surface area contributed by atoms with Gasteiger partial charge in [0.1, 0.15) is 5.69 Å². The predicted octanol–water partition coefficient (Wildman–Crippen LogP) is 0.864. The molecular formula is C9H11ClN4OS. The molecule has 0 fully saturated rings. The molecule has 86 valence electrons. The predicted molar refractivity (Wildman–Crippen MR) is 66.1 cm³/mol. The minimum atomic E-state index is -0.400. The molecule has 0 radical (unpaired) electrons. The quantitative estimate of drug-likeness (QED) is 0.543. The number of hydrogen-bond acceptors (Lipinski definition) is 3. The van der Waals surface area contributed by atoms with Crippen LogP contribution in [0, 0.1) is 0 Å². The summed E-state index contributed by atoms with van der Waals surface area (Å²) in [6.07, 6.45) is 1.46. The van der Waals surface area contributed by atoms with Crippen LogP contribution < -0.4 is 16.2 Å². The number of nitrogens with zero attached hydrogens (tertiary/aromatic N) is 1. The van der Waals surface area contributed by atoms with Gasteiger partial charge in [0, 0.05) is 17.8 Å². The Morgan fingerprint density at radius 1 is 1.56 bits per heavy atom. The molecule has 1 aromatic rings. The van der Waals surface area contributed by atoms with E-state index in [4.69, 9.17) is 23.8 Å². The van der Waals surface area contributed by atoms with Crippen molar-refractivity contribution in [2.24, 2.45) is 0 Å². The van der Waals surface area contributed by atoms with Crippen LogP contribution >= 0.6 is 23.8 Å². The highest BCUT2D eigenvalue weighted by Gasteiger charge is 2.07. The lowest BCUT2D eigenvalue weighted by atomic mass is 10.3. The highest BCUT2D eigenvalue weighted by Crippen LogP contribution is 2.07. The zero-order chi connectivity index (χ0) is 12.0. The summed E-state index contributed by atoms with van der Waals surface area (Å²) in [4.78, 5) is 15.4. The van der Waals surface area contributed by atoms with Crippen molar-refractivity contribution in [1.82, 2.24) is 21.2 Å². The van der Waals surface area contributed by atoms with Gasteiger partial charge in [-0.3, -0.25) is 20.6 Å². The Labute approximate surface area is 104 Å². The van der Waals surface area contributed by atoms with Crippen LogP contribution in [-0.4, -0.2) is 22.5 Å². The molecule has 5 nitrogen and oxygen atoms in total. The molecule has 0 atom stereocenters. The van der Waals surface area contributed by atoms with Crippen molar-refractivity contribution >= 4 is 34.8 Å². The molecule has 0 saturated heterocycles. The summed E-state index contributed by atoms with van der Waals surface area (Å²) in [5, 5.41) is 3.62. The molecule has 3 N–H and O–H groups in total. The molecule has 1 amide bonds. The van der Waals surface area contributed by atoms with Gasteiger partial charge in [-0.15, -0.1) is 0 Å². The number of thiocarbonyl (C=S) groups is 1. The van der Waals surface area contributed by atoms with Gasteiger partial charge in [-0.1, -0.05) is 11.6 Å². The van der Waals surface area contributed by atoms with Crippen LogP contribution in [-0.2, 0) is 0 Å². The van der Waals surface area contributed by atoms with Crippen molar-refractivity contribution in [2.75, 3.05) is 6.54 Å². The molecule has 16 heavy (non-hydrogen) atoms. The largest absolute Gasteiger partial charge is 0.362 e. The number of rotatable bonds is 2. The van der Waals surface area contributed by atoms with Gasteiger partial charge < -0.3 is 5.32 Å². The average molecular weight is 259 g/mol. The van der Waals surface area contributed by atoms with Gasteiger partial charge >= 0.3 is 0 Å². The summed E-state index contributed by atoms with van der Waals surface area (Å²) in [7, 11) is 0. The second-order valence-corrected chi connectivity index (χ2v) is 3.64. The van der Waals surface area contributed by atoms with Gasteiger partial charge in [0.05, 0.1) is 0 Å². The molecule has 0 aromatic carbocycles. The first kappa shape index (κ1) is 12.7. The Balaban J connectivity index is 2.50. The fraction of sp³-hybridized carbons (Fsp3) is 0.222. The van der Waals surface area contributed by atoms with Crippen molar-refractivity contribution < 1.29 is 4.79 Å². The van der Waals surface area contributed by atoms with Gasteiger partial charge in [0.2, 0.25) is 0 Å². The third-order valence-corrected chi connectivity index (χ3v) is 2.06. The summed E-state index contributed by atoms with van der Waals surface area (Å²) >= 11 is 10.6. The van der Waals surface area contributed by atoms with Crippen LogP contribution in [0.2, 0.25) is 5.02 Å². The van der Waals surface area contributed by atoms with E-state index < -0.39 is 5.91 Å². The van der Waals surface area contributed by atoms with E-state index >= 15 is 0 Å². The number of pyridine rings is 1. The Bertz CT molecular complexity index is 399. The van der Waals surface area contributed by atoms with Crippen molar-refractivity contribution in [1.29, 1.82) is 0 Å². The molecule has 0 aliphatic rings. The van der Waals surface area contributed by atoms with Crippen molar-refractivity contribution in [3.05, 3.63) is 29.0 Å². The first-order chi connectivity index (χ1) is 7.63. The summed E-state index contributed by atoms with van der Waals surface area (Å²) in [5.41, 5.74) is 5.16. The topological polar surface area (TPSA) is 66.0 Å². The number of hydrogen-bond donors (Lipinski definition) is 3. The van der Waals surface area contributed by atoms with Gasteiger partial charge in [-0.25, -0.2) is 0 Å². The summed E-state index contributed by atoms with van der Waals surface area (Å²) < 4.78 is 0. The lowest BCUT2D eigenvalue weighted by molar-refractivity contribution is 0.0938. The van der Waals surface area contributed by atoms with Gasteiger partial charge in [-0.05, 0) is 31.3 Å². The Kier molecular flexibility index (Phi) is 4.94. The third kappa shape index (κ3) is 4.00. The Morgan fingerprint density at radius 2 is 2.31 bits per heavy atom. The molecule has 0 unspecified atom stereocenters. The average Bonchev–Trinajstić information content (AvgIpc) is 2.26. The van der Waals surface area contributed by atoms with Crippen LogP contribution in [0.3, 0.4) is 0 Å². The van der Waals surface area contributed by atoms with Crippen molar-refractivity contribution in [3.63, 3.8) is 0 Å². The number of hydrazine groups is 1. The fourth-order valence-corrected chi connectivity index (χ4v) is 1.27. The van der Waals surface area contributed by atoms with E-state index in [1.54, 1.807) is 6.07 Å². The molecule has 1 aromatic heterocycles. The number of carbonyl (C=O) groups is 1. The van der Waals surface area contributed by atoms with E-state index in [0.29, 0.717) is 16.7 Å². The standard InChI is InChI=1S/C9H11ClN4OS/c1-2-11-9(16)14-13-8(15)7-5-6(10)3-4-12-7/h3-5H,2H2,1H3,(H,13,15)(H2,11,14,16). The van der Waals surface area contributed by atoms with Crippen LogP contribution in [0.5, 0.6) is 0 Å². The normalized spacial score (nSPS) is 9.38. The SMILES string of the molecule is CCNC(=S)NNC(=O)c1cc(Cl)ccn1. The van der Waals surface area contributed by atoms with Crippen molar-refractivity contribution in [3.8, 4) is 0 Å². The van der Waals surface area contributed by atoms with Crippen LogP contribution in [0.15, 0.2) is 18.3 Å². The number of aromatic nitrogens is 1. The van der Waals surface area contributed by atoms with E-state index in [1.807, 2.05) is 6.92 Å².